The summed E-state index contributed by atoms with van der Waals surface area (Å²) in [7, 11) is 0. The molecule has 174 valence electrons. The van der Waals surface area contributed by atoms with Crippen molar-refractivity contribution in [1.82, 2.24) is 0 Å². The summed E-state index contributed by atoms with van der Waals surface area (Å²) in [5.74, 6) is 3.92. The van der Waals surface area contributed by atoms with Crippen molar-refractivity contribution in [1.29, 1.82) is 0 Å². The Kier molecular flexibility index (Phi) is 10.8. The van der Waals surface area contributed by atoms with Gasteiger partial charge in [0.2, 0.25) is 0 Å². The molecule has 0 aromatic rings. The van der Waals surface area contributed by atoms with E-state index in [1.807, 2.05) is 6.08 Å². The van der Waals surface area contributed by atoms with E-state index in [0.29, 0.717) is 5.41 Å². The van der Waals surface area contributed by atoms with Crippen LogP contribution in [0.4, 0.5) is 0 Å². The standard InChI is InChI=1S/C29H52O/c1-3-12-26(27-13-7-5-8-14-27)15-11-20-29(28-16-9-6-10-17-28)21-18-25(19-22-29)24-30-23-4-2/h4,25-28H,2-3,5-24H2,1H3. The Morgan fingerprint density at radius 3 is 2.20 bits per heavy atom. The molecule has 3 fully saturated rings. The molecule has 1 heteroatoms. The predicted molar refractivity (Wildman–Crippen MR) is 131 cm³/mol. The molecular weight excluding hydrogens is 364 g/mol. The largest absolute Gasteiger partial charge is 0.377 e. The molecule has 1 unspecified atom stereocenters. The van der Waals surface area contributed by atoms with E-state index in [0.717, 1.165) is 36.9 Å². The van der Waals surface area contributed by atoms with Gasteiger partial charge in [0.15, 0.2) is 0 Å². The SMILES string of the molecule is C=CCOCC1CCC(CCCC(CCC)C2CCCCC2)(C2CCCCC2)CC1. The maximum Gasteiger partial charge on any atom is 0.0644 e. The lowest BCUT2D eigenvalue weighted by Gasteiger charge is -2.48. The van der Waals surface area contributed by atoms with Gasteiger partial charge in [-0.2, -0.15) is 0 Å². The molecule has 3 rings (SSSR count). The van der Waals surface area contributed by atoms with Crippen LogP contribution in [0.15, 0.2) is 12.7 Å². The summed E-state index contributed by atoms with van der Waals surface area (Å²) in [6.07, 6.45) is 30.3. The molecule has 0 heterocycles. The highest BCUT2D eigenvalue weighted by molar-refractivity contribution is 4.92. The third-order valence-corrected chi connectivity index (χ3v) is 9.39. The Hall–Kier alpha value is -0.300. The van der Waals surface area contributed by atoms with Gasteiger partial charge in [0.05, 0.1) is 6.61 Å². The predicted octanol–water partition coefficient (Wildman–Crippen LogP) is 9.11. The van der Waals surface area contributed by atoms with E-state index in [2.05, 4.69) is 13.5 Å². The van der Waals surface area contributed by atoms with Crippen molar-refractivity contribution in [3.8, 4) is 0 Å². The van der Waals surface area contributed by atoms with Gasteiger partial charge in [-0.05, 0) is 74.0 Å². The molecule has 0 spiro atoms. The first-order chi connectivity index (χ1) is 14.8. The quantitative estimate of drug-likeness (QED) is 0.227. The van der Waals surface area contributed by atoms with Gasteiger partial charge in [0.1, 0.15) is 0 Å². The van der Waals surface area contributed by atoms with Crippen LogP contribution in [-0.2, 0) is 4.74 Å². The third kappa shape index (κ3) is 7.11. The highest BCUT2D eigenvalue weighted by Gasteiger charge is 2.41. The normalized spacial score (nSPS) is 30.2. The van der Waals surface area contributed by atoms with Crippen LogP contribution >= 0.6 is 0 Å². The average Bonchev–Trinajstić information content (AvgIpc) is 2.81. The zero-order valence-corrected chi connectivity index (χ0v) is 20.4. The Morgan fingerprint density at radius 2 is 1.57 bits per heavy atom. The molecule has 0 aromatic carbocycles. The van der Waals surface area contributed by atoms with E-state index >= 15 is 0 Å². The van der Waals surface area contributed by atoms with Crippen LogP contribution in [0.5, 0.6) is 0 Å². The van der Waals surface area contributed by atoms with Crippen molar-refractivity contribution in [3.63, 3.8) is 0 Å². The van der Waals surface area contributed by atoms with Gasteiger partial charge >= 0.3 is 0 Å². The Morgan fingerprint density at radius 1 is 0.900 bits per heavy atom. The van der Waals surface area contributed by atoms with Crippen LogP contribution in [0.2, 0.25) is 0 Å². The van der Waals surface area contributed by atoms with E-state index in [9.17, 15) is 0 Å². The van der Waals surface area contributed by atoms with Gasteiger partial charge in [-0.1, -0.05) is 90.0 Å². The van der Waals surface area contributed by atoms with Gasteiger partial charge in [-0.25, -0.2) is 0 Å². The van der Waals surface area contributed by atoms with Crippen molar-refractivity contribution in [3.05, 3.63) is 12.7 Å². The number of hydrogen-bond donors (Lipinski definition) is 0. The molecule has 0 aromatic heterocycles. The fraction of sp³-hybridized carbons (Fsp3) is 0.931. The van der Waals surface area contributed by atoms with E-state index in [-0.39, 0.29) is 0 Å². The van der Waals surface area contributed by atoms with Crippen LogP contribution < -0.4 is 0 Å². The fourth-order valence-electron chi connectivity index (χ4n) is 7.62. The molecule has 3 aliphatic rings. The molecule has 1 atom stereocenters. The first-order valence-electron chi connectivity index (χ1n) is 14.0. The lowest BCUT2D eigenvalue weighted by atomic mass is 9.58. The fourth-order valence-corrected chi connectivity index (χ4v) is 7.62. The maximum atomic E-state index is 5.82. The summed E-state index contributed by atoms with van der Waals surface area (Å²) >= 11 is 0. The average molecular weight is 417 g/mol. The van der Waals surface area contributed by atoms with Crippen LogP contribution in [0.25, 0.3) is 0 Å². The second kappa shape index (κ2) is 13.3. The highest BCUT2D eigenvalue weighted by atomic mass is 16.5. The van der Waals surface area contributed by atoms with Crippen LogP contribution in [0.1, 0.15) is 129 Å². The third-order valence-electron chi connectivity index (χ3n) is 9.39. The molecule has 0 aliphatic heterocycles. The molecule has 3 saturated carbocycles. The second-order valence-electron chi connectivity index (χ2n) is 11.3. The smallest absolute Gasteiger partial charge is 0.0644 e. The summed E-state index contributed by atoms with van der Waals surface area (Å²) in [4.78, 5) is 0. The molecule has 3 aliphatic carbocycles. The van der Waals surface area contributed by atoms with E-state index in [4.69, 9.17) is 4.74 Å². The minimum Gasteiger partial charge on any atom is -0.377 e. The molecule has 1 nitrogen and oxygen atoms in total. The van der Waals surface area contributed by atoms with Crippen LogP contribution in [-0.4, -0.2) is 13.2 Å². The van der Waals surface area contributed by atoms with Gasteiger partial charge < -0.3 is 4.74 Å². The summed E-state index contributed by atoms with van der Waals surface area (Å²) in [6.45, 7) is 7.90. The molecule has 0 radical (unpaired) electrons. The molecule has 0 amide bonds. The minimum absolute atomic E-state index is 0.679. The van der Waals surface area contributed by atoms with Crippen molar-refractivity contribution in [2.75, 3.05) is 13.2 Å². The molecule has 30 heavy (non-hydrogen) atoms. The highest BCUT2D eigenvalue weighted by Crippen LogP contribution is 2.53. The Labute approximate surface area is 188 Å². The van der Waals surface area contributed by atoms with Gasteiger partial charge in [-0.15, -0.1) is 6.58 Å². The number of ether oxygens (including phenoxy) is 1. The molecular formula is C29H52O. The molecule has 0 N–H and O–H groups in total. The van der Waals surface area contributed by atoms with Crippen molar-refractivity contribution in [2.45, 2.75) is 129 Å². The topological polar surface area (TPSA) is 9.23 Å². The number of hydrogen-bond acceptors (Lipinski definition) is 1. The second-order valence-corrected chi connectivity index (χ2v) is 11.3. The van der Waals surface area contributed by atoms with Crippen LogP contribution in [0, 0.1) is 29.1 Å². The van der Waals surface area contributed by atoms with Crippen LogP contribution in [0.3, 0.4) is 0 Å². The maximum absolute atomic E-state index is 5.82. The van der Waals surface area contributed by atoms with E-state index in [1.165, 1.54) is 122 Å². The van der Waals surface area contributed by atoms with Crippen molar-refractivity contribution >= 4 is 0 Å². The van der Waals surface area contributed by atoms with E-state index in [1.54, 1.807) is 0 Å². The van der Waals surface area contributed by atoms with Gasteiger partial charge in [0.25, 0.3) is 0 Å². The summed E-state index contributed by atoms with van der Waals surface area (Å²) in [5, 5.41) is 0. The van der Waals surface area contributed by atoms with Gasteiger partial charge in [-0.3, -0.25) is 0 Å². The lowest BCUT2D eigenvalue weighted by Crippen LogP contribution is -2.37. The van der Waals surface area contributed by atoms with E-state index < -0.39 is 0 Å². The zero-order valence-electron chi connectivity index (χ0n) is 20.4. The number of rotatable bonds is 12. The zero-order chi connectivity index (χ0) is 21.1. The Balaban J connectivity index is 1.54. The van der Waals surface area contributed by atoms with Crippen molar-refractivity contribution in [2.24, 2.45) is 29.1 Å². The van der Waals surface area contributed by atoms with Gasteiger partial charge in [0, 0.05) is 6.61 Å². The molecule has 0 saturated heterocycles. The first kappa shape index (κ1) is 24.3. The Bertz CT molecular complexity index is 449. The molecule has 0 bridgehead atoms. The van der Waals surface area contributed by atoms with Crippen molar-refractivity contribution < 1.29 is 4.74 Å². The first-order valence-corrected chi connectivity index (χ1v) is 14.0. The monoisotopic (exact) mass is 416 g/mol. The summed E-state index contributed by atoms with van der Waals surface area (Å²) < 4.78 is 5.82. The summed E-state index contributed by atoms with van der Waals surface area (Å²) in [5.41, 5.74) is 0.679. The summed E-state index contributed by atoms with van der Waals surface area (Å²) in [6, 6.07) is 0. The minimum atomic E-state index is 0.679. The lowest BCUT2D eigenvalue weighted by molar-refractivity contribution is 0.0127.